The Hall–Kier alpha value is -2.82. The molecule has 0 aliphatic heterocycles. The molecule has 0 aromatic heterocycles. The Balaban J connectivity index is 1.58. The van der Waals surface area contributed by atoms with Gasteiger partial charge in [-0.2, -0.15) is 0 Å². The van der Waals surface area contributed by atoms with E-state index in [1.54, 1.807) is 0 Å². The summed E-state index contributed by atoms with van der Waals surface area (Å²) in [5.74, 6) is 6.20. The lowest BCUT2D eigenvalue weighted by atomic mass is 10.00. The molecule has 0 radical (unpaired) electrons. The van der Waals surface area contributed by atoms with Gasteiger partial charge in [-0.05, 0) is 41.5 Å². The highest BCUT2D eigenvalue weighted by molar-refractivity contribution is 5.86. The summed E-state index contributed by atoms with van der Waals surface area (Å²) < 4.78 is 0. The van der Waals surface area contributed by atoms with Crippen molar-refractivity contribution in [3.05, 3.63) is 96.1 Å². The van der Waals surface area contributed by atoms with E-state index in [0.717, 1.165) is 12.1 Å². The first kappa shape index (κ1) is 16.1. The van der Waals surface area contributed by atoms with E-state index in [4.69, 9.17) is 0 Å². The fourth-order valence-electron chi connectivity index (χ4n) is 2.75. The van der Waals surface area contributed by atoms with Crippen molar-refractivity contribution >= 4 is 10.8 Å². The summed E-state index contributed by atoms with van der Waals surface area (Å²) in [5.41, 5.74) is 2.37. The molecule has 1 atom stereocenters. The first-order chi connectivity index (χ1) is 11.8. The van der Waals surface area contributed by atoms with Gasteiger partial charge in [-0.25, -0.2) is 0 Å². The van der Waals surface area contributed by atoms with Crippen LogP contribution in [0.1, 0.15) is 24.1 Å². The summed E-state index contributed by atoms with van der Waals surface area (Å²) in [5, 5.41) is 6.13. The highest BCUT2D eigenvalue weighted by atomic mass is 14.9. The van der Waals surface area contributed by atoms with Gasteiger partial charge in [-0.3, -0.25) is 0 Å². The predicted molar refractivity (Wildman–Crippen MR) is 103 cm³/mol. The SMILES string of the molecule is CC(NC/C=C/C#Cc1ccccc1)c1cccc2ccccc12. The van der Waals surface area contributed by atoms with E-state index in [2.05, 4.69) is 72.6 Å². The minimum Gasteiger partial charge on any atom is -0.307 e. The van der Waals surface area contributed by atoms with Gasteiger partial charge in [0.25, 0.3) is 0 Å². The monoisotopic (exact) mass is 311 g/mol. The molecule has 24 heavy (non-hydrogen) atoms. The van der Waals surface area contributed by atoms with Crippen molar-refractivity contribution in [1.29, 1.82) is 0 Å². The number of fused-ring (bicyclic) bond motifs is 1. The molecule has 0 aliphatic rings. The van der Waals surface area contributed by atoms with Gasteiger partial charge in [0.1, 0.15) is 0 Å². The van der Waals surface area contributed by atoms with E-state index in [1.165, 1.54) is 16.3 Å². The smallest absolute Gasteiger partial charge is 0.0300 e. The van der Waals surface area contributed by atoms with Gasteiger partial charge < -0.3 is 5.32 Å². The van der Waals surface area contributed by atoms with Crippen molar-refractivity contribution in [3.63, 3.8) is 0 Å². The molecule has 3 aromatic rings. The maximum absolute atomic E-state index is 3.54. The van der Waals surface area contributed by atoms with Crippen LogP contribution in [0.3, 0.4) is 0 Å². The summed E-state index contributed by atoms with van der Waals surface area (Å²) in [6.45, 7) is 3.00. The average Bonchev–Trinajstić information content (AvgIpc) is 2.64. The number of allylic oxidation sites excluding steroid dienone is 1. The van der Waals surface area contributed by atoms with Crippen LogP contribution in [0.2, 0.25) is 0 Å². The molecule has 0 saturated carbocycles. The van der Waals surface area contributed by atoms with Crippen molar-refractivity contribution in [3.8, 4) is 11.8 Å². The standard InChI is InChI=1S/C23H21N/c1-19(22-17-10-15-21-14-7-8-16-23(21)22)24-18-9-3-6-13-20-11-4-2-5-12-20/h2-5,7-12,14-17,19,24H,18H2,1H3/b9-3+. The number of hydrogen-bond acceptors (Lipinski definition) is 1. The molecule has 0 amide bonds. The Kier molecular flexibility index (Phi) is 5.45. The Labute approximate surface area is 144 Å². The Morgan fingerprint density at radius 3 is 2.54 bits per heavy atom. The molecular formula is C23H21N. The molecule has 0 heterocycles. The first-order valence-corrected chi connectivity index (χ1v) is 8.27. The lowest BCUT2D eigenvalue weighted by molar-refractivity contribution is 0.621. The van der Waals surface area contributed by atoms with Gasteiger partial charge >= 0.3 is 0 Å². The molecular weight excluding hydrogens is 290 g/mol. The van der Waals surface area contributed by atoms with Crippen molar-refractivity contribution in [1.82, 2.24) is 5.32 Å². The van der Waals surface area contributed by atoms with Gasteiger partial charge in [0.2, 0.25) is 0 Å². The third kappa shape index (κ3) is 4.13. The quantitative estimate of drug-likeness (QED) is 0.661. The molecule has 1 unspecified atom stereocenters. The fourth-order valence-corrected chi connectivity index (χ4v) is 2.75. The summed E-state index contributed by atoms with van der Waals surface area (Å²) >= 11 is 0. The van der Waals surface area contributed by atoms with Gasteiger partial charge in [0.15, 0.2) is 0 Å². The second kappa shape index (κ2) is 8.15. The van der Waals surface area contributed by atoms with Crippen molar-refractivity contribution < 1.29 is 0 Å². The third-order valence-electron chi connectivity index (χ3n) is 4.02. The molecule has 0 saturated heterocycles. The Morgan fingerprint density at radius 2 is 1.67 bits per heavy atom. The van der Waals surface area contributed by atoms with Crippen LogP contribution in [0.25, 0.3) is 10.8 Å². The molecule has 1 N–H and O–H groups in total. The number of rotatable bonds is 4. The Bertz CT molecular complexity index is 877. The average molecular weight is 311 g/mol. The van der Waals surface area contributed by atoms with Crippen molar-refractivity contribution in [2.75, 3.05) is 6.54 Å². The van der Waals surface area contributed by atoms with E-state index >= 15 is 0 Å². The molecule has 0 fully saturated rings. The second-order valence-corrected chi connectivity index (χ2v) is 5.74. The van der Waals surface area contributed by atoms with Crippen LogP contribution in [0.4, 0.5) is 0 Å². The zero-order valence-electron chi connectivity index (χ0n) is 13.9. The van der Waals surface area contributed by atoms with Crippen LogP contribution in [0.15, 0.2) is 84.9 Å². The zero-order valence-corrected chi connectivity index (χ0v) is 13.9. The number of hydrogen-bond donors (Lipinski definition) is 1. The molecule has 0 bridgehead atoms. The Morgan fingerprint density at radius 1 is 0.917 bits per heavy atom. The summed E-state index contributed by atoms with van der Waals surface area (Å²) in [6.07, 6.45) is 3.98. The maximum Gasteiger partial charge on any atom is 0.0300 e. The molecule has 1 nitrogen and oxygen atoms in total. The van der Waals surface area contributed by atoms with Crippen LogP contribution in [0.5, 0.6) is 0 Å². The van der Waals surface area contributed by atoms with Crippen LogP contribution >= 0.6 is 0 Å². The molecule has 3 aromatic carbocycles. The largest absolute Gasteiger partial charge is 0.307 e. The molecule has 118 valence electrons. The van der Waals surface area contributed by atoms with Gasteiger partial charge in [-0.1, -0.05) is 78.6 Å². The van der Waals surface area contributed by atoms with Crippen LogP contribution < -0.4 is 5.32 Å². The van der Waals surface area contributed by atoms with Gasteiger partial charge in [0, 0.05) is 18.2 Å². The molecule has 3 rings (SSSR count). The van der Waals surface area contributed by atoms with E-state index < -0.39 is 0 Å². The fraction of sp³-hybridized carbons (Fsp3) is 0.130. The van der Waals surface area contributed by atoms with E-state index in [0.29, 0.717) is 6.04 Å². The van der Waals surface area contributed by atoms with Gasteiger partial charge in [-0.15, -0.1) is 0 Å². The van der Waals surface area contributed by atoms with Crippen molar-refractivity contribution in [2.24, 2.45) is 0 Å². The zero-order chi connectivity index (χ0) is 16.6. The molecule has 0 aliphatic carbocycles. The van der Waals surface area contributed by atoms with E-state index in [1.807, 2.05) is 36.4 Å². The third-order valence-corrected chi connectivity index (χ3v) is 4.02. The lowest BCUT2D eigenvalue weighted by Gasteiger charge is -2.15. The minimum atomic E-state index is 0.294. The van der Waals surface area contributed by atoms with Crippen LogP contribution in [-0.4, -0.2) is 6.54 Å². The second-order valence-electron chi connectivity index (χ2n) is 5.74. The normalized spacial score (nSPS) is 12.0. The summed E-state index contributed by atoms with van der Waals surface area (Å²) in [7, 11) is 0. The maximum atomic E-state index is 3.54. The number of benzene rings is 3. The van der Waals surface area contributed by atoms with Crippen LogP contribution in [0, 0.1) is 11.8 Å². The van der Waals surface area contributed by atoms with Gasteiger partial charge in [0.05, 0.1) is 0 Å². The van der Waals surface area contributed by atoms with E-state index in [9.17, 15) is 0 Å². The first-order valence-electron chi connectivity index (χ1n) is 8.27. The molecule has 0 spiro atoms. The lowest BCUT2D eigenvalue weighted by Crippen LogP contribution is -2.18. The summed E-state index contributed by atoms with van der Waals surface area (Å²) in [4.78, 5) is 0. The highest BCUT2D eigenvalue weighted by Crippen LogP contribution is 2.23. The highest BCUT2D eigenvalue weighted by Gasteiger charge is 2.07. The minimum absolute atomic E-state index is 0.294. The van der Waals surface area contributed by atoms with Crippen LogP contribution in [-0.2, 0) is 0 Å². The predicted octanol–water partition coefficient (Wildman–Crippen LogP) is 5.10. The van der Waals surface area contributed by atoms with E-state index in [-0.39, 0.29) is 0 Å². The molecule has 1 heteroatoms. The summed E-state index contributed by atoms with van der Waals surface area (Å²) in [6, 6.07) is 25.3. The van der Waals surface area contributed by atoms with Crippen molar-refractivity contribution in [2.45, 2.75) is 13.0 Å². The number of nitrogens with one attached hydrogen (secondary N) is 1. The topological polar surface area (TPSA) is 12.0 Å².